The number of halogens is 1. The number of amides is 1. The molecule has 0 spiro atoms. The van der Waals surface area contributed by atoms with Crippen LogP contribution in [0.3, 0.4) is 0 Å². The Morgan fingerprint density at radius 3 is 2.29 bits per heavy atom. The van der Waals surface area contributed by atoms with Crippen LogP contribution in [-0.2, 0) is 22.5 Å². The van der Waals surface area contributed by atoms with Crippen molar-refractivity contribution in [2.24, 2.45) is 13.0 Å². The fourth-order valence-electron chi connectivity index (χ4n) is 9.66. The third kappa shape index (κ3) is 7.10. The van der Waals surface area contributed by atoms with Gasteiger partial charge in [-0.2, -0.15) is 0 Å². The fraction of sp³-hybridized carbons (Fsp3) is 0.283. The molecular formula is C46H46ClN7O6S2. The second kappa shape index (κ2) is 15.9. The third-order valence-corrected chi connectivity index (χ3v) is 15.2. The maximum Gasteiger partial charge on any atom is 0.294 e. The number of aromatic nitrogens is 1. The molecule has 320 valence electrons. The lowest BCUT2D eigenvalue weighted by Crippen LogP contribution is -2.55. The number of piperazine rings is 1. The highest BCUT2D eigenvalue weighted by molar-refractivity contribution is 8.00. The average Bonchev–Trinajstić information content (AvgIpc) is 3.54. The smallest absolute Gasteiger partial charge is 0.294 e. The summed E-state index contributed by atoms with van der Waals surface area (Å²) in [7, 11) is -2.14. The van der Waals surface area contributed by atoms with Gasteiger partial charge in [0.15, 0.2) is 0 Å². The fourth-order valence-corrected chi connectivity index (χ4v) is 11.6. The van der Waals surface area contributed by atoms with Crippen LogP contribution in [0.25, 0.3) is 11.3 Å². The topological polar surface area (TPSA) is 153 Å². The van der Waals surface area contributed by atoms with Crippen LogP contribution in [0.2, 0.25) is 5.02 Å². The maximum absolute atomic E-state index is 14.4. The Labute approximate surface area is 370 Å². The zero-order valence-electron chi connectivity index (χ0n) is 34.6. The molecule has 0 bridgehead atoms. The maximum atomic E-state index is 14.4. The van der Waals surface area contributed by atoms with E-state index in [9.17, 15) is 28.4 Å². The number of nitro groups is 1. The summed E-state index contributed by atoms with van der Waals surface area (Å²) in [6.07, 6.45) is 2.14. The molecule has 5 aromatic rings. The van der Waals surface area contributed by atoms with Gasteiger partial charge in [0.1, 0.15) is 5.69 Å². The van der Waals surface area contributed by atoms with Gasteiger partial charge in [-0.3, -0.25) is 19.6 Å². The highest BCUT2D eigenvalue weighted by atomic mass is 35.5. The number of nitrogens with one attached hydrogen (secondary N) is 2. The number of nitro benzene ring substituents is 1. The molecule has 4 aliphatic rings. The van der Waals surface area contributed by atoms with E-state index in [0.29, 0.717) is 55.4 Å². The molecule has 0 saturated carbocycles. The van der Waals surface area contributed by atoms with Crippen molar-refractivity contribution in [3.05, 3.63) is 152 Å². The monoisotopic (exact) mass is 891 g/mol. The van der Waals surface area contributed by atoms with Crippen LogP contribution in [0.1, 0.15) is 41.9 Å². The summed E-state index contributed by atoms with van der Waals surface area (Å²) in [6.45, 7) is 9.60. The molecule has 9 rings (SSSR count). The normalized spacial score (nSPS) is 21.0. The van der Waals surface area contributed by atoms with Crippen molar-refractivity contribution in [2.75, 3.05) is 47.1 Å². The molecule has 4 heterocycles. The van der Waals surface area contributed by atoms with Crippen molar-refractivity contribution in [3.63, 3.8) is 0 Å². The molecule has 1 saturated heterocycles. The first-order chi connectivity index (χ1) is 29.7. The van der Waals surface area contributed by atoms with Crippen LogP contribution in [0.15, 0.2) is 130 Å². The van der Waals surface area contributed by atoms with Gasteiger partial charge in [-0.25, -0.2) is 8.42 Å². The molecule has 3 N–H and O–H groups in total. The predicted octanol–water partition coefficient (Wildman–Crippen LogP) is 8.57. The van der Waals surface area contributed by atoms with Gasteiger partial charge in [0, 0.05) is 95.7 Å². The number of benzene rings is 4. The van der Waals surface area contributed by atoms with Crippen LogP contribution >= 0.6 is 23.5 Å². The zero-order chi connectivity index (χ0) is 43.7. The molecule has 0 radical (unpaired) electrons. The molecule has 62 heavy (non-hydrogen) atoms. The molecule has 3 unspecified atom stereocenters. The van der Waals surface area contributed by atoms with E-state index in [2.05, 4.69) is 43.7 Å². The Morgan fingerprint density at radius 1 is 0.935 bits per heavy atom. The second-order valence-corrected chi connectivity index (χ2v) is 19.4. The first-order valence-corrected chi connectivity index (χ1v) is 23.2. The van der Waals surface area contributed by atoms with E-state index in [-0.39, 0.29) is 28.1 Å². The van der Waals surface area contributed by atoms with Crippen molar-refractivity contribution in [3.8, 4) is 11.3 Å². The quantitative estimate of drug-likeness (QED) is 0.0706. The Morgan fingerprint density at radius 2 is 1.61 bits per heavy atom. The number of carbonyl (C=O) groups is 1. The van der Waals surface area contributed by atoms with Crippen LogP contribution in [-0.4, -0.2) is 77.5 Å². The second-order valence-electron chi connectivity index (χ2n) is 16.4. The number of sulfonamides is 1. The van der Waals surface area contributed by atoms with Crippen LogP contribution in [0.5, 0.6) is 0 Å². The van der Waals surface area contributed by atoms with Crippen molar-refractivity contribution in [1.29, 1.82) is 0 Å². The van der Waals surface area contributed by atoms with E-state index in [1.165, 1.54) is 24.1 Å². The minimum absolute atomic E-state index is 0.0220. The molecule has 1 aliphatic carbocycles. The standard InChI is InChI=1S/C46H46ClN7O6S2/c1-28-38(27-46(3)42-41(45(56)53-21-20-39(55)40(28)44(46)53)29(2)50(4)43(42)30-10-12-31(47)13-11-30)52-24-22-51(23-25-52)33-16-14-32(15-17-33)49-62(59,60)35-18-19-36(37(26-35)54(57)58)48-61-34-8-6-5-7-9-34/h5-19,26-28,39,48-49,55H,20-25H2,1-4H3. The van der Waals surface area contributed by atoms with E-state index in [0.717, 1.165) is 56.1 Å². The van der Waals surface area contributed by atoms with Gasteiger partial charge in [0.2, 0.25) is 0 Å². The van der Waals surface area contributed by atoms with Crippen molar-refractivity contribution in [2.45, 2.75) is 48.5 Å². The summed E-state index contributed by atoms with van der Waals surface area (Å²) in [5, 5.41) is 24.3. The number of aliphatic hydroxyl groups is 1. The third-order valence-electron chi connectivity index (χ3n) is 12.8. The van der Waals surface area contributed by atoms with Crippen molar-refractivity contribution < 1.29 is 23.2 Å². The van der Waals surface area contributed by atoms with Crippen molar-refractivity contribution >= 4 is 62.2 Å². The van der Waals surface area contributed by atoms with Gasteiger partial charge < -0.3 is 29.1 Å². The Bertz CT molecular complexity index is 2790. The average molecular weight is 893 g/mol. The lowest BCUT2D eigenvalue weighted by atomic mass is 9.64. The summed E-state index contributed by atoms with van der Waals surface area (Å²) >= 11 is 7.51. The lowest BCUT2D eigenvalue weighted by Gasteiger charge is -2.52. The van der Waals surface area contributed by atoms with Crippen LogP contribution in [0.4, 0.5) is 22.7 Å². The number of anilines is 3. The Balaban J connectivity index is 0.936. The van der Waals surface area contributed by atoms with E-state index in [4.69, 9.17) is 11.6 Å². The largest absolute Gasteiger partial charge is 0.389 e. The molecule has 13 nitrogen and oxygen atoms in total. The van der Waals surface area contributed by atoms with Gasteiger partial charge in [-0.15, -0.1) is 0 Å². The molecule has 16 heteroatoms. The number of allylic oxidation sites excluding steroid dienone is 2. The first kappa shape index (κ1) is 41.6. The summed E-state index contributed by atoms with van der Waals surface area (Å²) in [5.74, 6) is -0.138. The molecule has 3 atom stereocenters. The lowest BCUT2D eigenvalue weighted by molar-refractivity contribution is -0.384. The molecule has 4 aromatic carbocycles. The summed E-state index contributed by atoms with van der Waals surface area (Å²) in [4.78, 5) is 32.9. The number of carbonyl (C=O) groups excluding carboxylic acids is 1. The Kier molecular flexibility index (Phi) is 10.6. The summed E-state index contributed by atoms with van der Waals surface area (Å²) in [5.41, 5.74) is 7.80. The van der Waals surface area contributed by atoms with Gasteiger partial charge in [0.05, 0.1) is 32.6 Å². The highest BCUT2D eigenvalue weighted by Crippen LogP contribution is 2.56. The van der Waals surface area contributed by atoms with E-state index >= 15 is 0 Å². The van der Waals surface area contributed by atoms with Gasteiger partial charge in [-0.05, 0) is 110 Å². The number of rotatable bonds is 10. The zero-order valence-corrected chi connectivity index (χ0v) is 37.0. The predicted molar refractivity (Wildman–Crippen MR) is 244 cm³/mol. The number of fused-ring (bicyclic) bond motifs is 2. The summed E-state index contributed by atoms with van der Waals surface area (Å²) in [6, 6.07) is 27.9. The van der Waals surface area contributed by atoms with Crippen LogP contribution < -0.4 is 14.3 Å². The minimum atomic E-state index is -4.15. The van der Waals surface area contributed by atoms with Crippen LogP contribution in [0, 0.1) is 23.0 Å². The number of nitrogens with zero attached hydrogens (tertiary/aromatic N) is 5. The van der Waals surface area contributed by atoms with E-state index in [1.807, 2.05) is 85.6 Å². The van der Waals surface area contributed by atoms with E-state index < -0.39 is 26.5 Å². The Hall–Kier alpha value is -5.74. The SMILES string of the molecule is Cc1c2c(c(-c3ccc(Cl)cc3)n1C)C1(C)C=C(N3CCN(c4ccc(NS(=O)(=O)c5ccc(NSc6ccccc6)c([N+](=O)[O-])c5)cc4)CC3)C(C)C3=C1N(CCC3O)C2=O. The van der Waals surface area contributed by atoms with E-state index in [1.54, 1.807) is 12.1 Å². The number of aliphatic hydroxyl groups excluding tert-OH is 1. The van der Waals surface area contributed by atoms with Gasteiger partial charge in [-0.1, -0.05) is 48.9 Å². The number of hydrogen-bond donors (Lipinski definition) is 3. The molecular weight excluding hydrogens is 846 g/mol. The highest BCUT2D eigenvalue weighted by Gasteiger charge is 2.54. The van der Waals surface area contributed by atoms with Gasteiger partial charge >= 0.3 is 0 Å². The minimum Gasteiger partial charge on any atom is -0.389 e. The van der Waals surface area contributed by atoms with Crippen molar-refractivity contribution in [1.82, 2.24) is 14.4 Å². The molecule has 3 aliphatic heterocycles. The first-order valence-electron chi connectivity index (χ1n) is 20.5. The van der Waals surface area contributed by atoms with Gasteiger partial charge in [0.25, 0.3) is 21.6 Å². The summed E-state index contributed by atoms with van der Waals surface area (Å²) < 4.78 is 34.5. The molecule has 1 aromatic heterocycles. The molecule has 1 amide bonds. The number of hydrogen-bond acceptors (Lipinski definition) is 10. The molecule has 1 fully saturated rings.